The smallest absolute Gasteiger partial charge is 0.264 e. The van der Waals surface area contributed by atoms with Gasteiger partial charge in [0.05, 0.1) is 17.4 Å². The van der Waals surface area contributed by atoms with Crippen molar-refractivity contribution in [3.05, 3.63) is 35.9 Å². The molecule has 1 aromatic carbocycles. The van der Waals surface area contributed by atoms with Crippen LogP contribution in [0.15, 0.2) is 29.5 Å². The van der Waals surface area contributed by atoms with E-state index in [1.54, 1.807) is 4.70 Å². The van der Waals surface area contributed by atoms with Crippen LogP contribution in [0.3, 0.4) is 0 Å². The number of halogens is 2. The van der Waals surface area contributed by atoms with E-state index in [1.807, 2.05) is 18.2 Å². The molecule has 0 saturated heterocycles. The number of anilines is 1. The van der Waals surface area contributed by atoms with E-state index < -0.39 is 12.5 Å². The highest BCUT2D eigenvalue weighted by atomic mass is 19.1. The molecule has 2 N–H and O–H groups in total. The summed E-state index contributed by atoms with van der Waals surface area (Å²) in [4.78, 5) is 4.47. The van der Waals surface area contributed by atoms with Gasteiger partial charge < -0.3 is 5.73 Å². The number of nitrogen functional groups attached to an aromatic ring is 1. The molecule has 28 heavy (non-hydrogen) atoms. The van der Waals surface area contributed by atoms with Crippen LogP contribution in [-0.4, -0.2) is 32.5 Å². The Balaban J connectivity index is 1.93. The Morgan fingerprint density at radius 3 is 2.71 bits per heavy atom. The highest BCUT2D eigenvalue weighted by Gasteiger charge is 2.32. The fraction of sp³-hybridized carbons (Fsp3) is 0.400. The van der Waals surface area contributed by atoms with Gasteiger partial charge >= 0.3 is 0 Å². The van der Waals surface area contributed by atoms with Gasteiger partial charge in [0.15, 0.2) is 12.5 Å². The lowest BCUT2D eigenvalue weighted by atomic mass is 9.79. The summed E-state index contributed by atoms with van der Waals surface area (Å²) in [6, 6.07) is 5.46. The summed E-state index contributed by atoms with van der Waals surface area (Å²) in [6.07, 6.45) is 1.32. The molecule has 3 heterocycles. The van der Waals surface area contributed by atoms with E-state index in [4.69, 9.17) is 5.73 Å². The van der Waals surface area contributed by atoms with E-state index in [2.05, 4.69) is 42.9 Å². The summed E-state index contributed by atoms with van der Waals surface area (Å²) in [6.45, 7) is 8.04. The SMILES string of the molecule is CC(c1nc(N)nn2cc(F)c(-c3ccc4c(c3)[N+](CCF)=N4)c12)C(C)(C)C. The van der Waals surface area contributed by atoms with Gasteiger partial charge in [-0.3, -0.25) is 0 Å². The van der Waals surface area contributed by atoms with Crippen LogP contribution in [0, 0.1) is 11.2 Å². The van der Waals surface area contributed by atoms with Gasteiger partial charge in [-0.1, -0.05) is 38.5 Å². The van der Waals surface area contributed by atoms with Gasteiger partial charge in [0, 0.05) is 22.7 Å². The zero-order chi connectivity index (χ0) is 20.2. The maximum absolute atomic E-state index is 15.0. The topological polar surface area (TPSA) is 71.6 Å². The van der Waals surface area contributed by atoms with Crippen molar-refractivity contribution >= 4 is 22.8 Å². The number of nitrogens with zero attached hydrogens (tertiary/aromatic N) is 5. The van der Waals surface area contributed by atoms with Crippen LogP contribution in [0.5, 0.6) is 0 Å². The van der Waals surface area contributed by atoms with Crippen LogP contribution in [-0.2, 0) is 0 Å². The summed E-state index contributed by atoms with van der Waals surface area (Å²) in [5, 5.41) is 8.40. The molecule has 0 radical (unpaired) electrons. The van der Waals surface area contributed by atoms with E-state index in [9.17, 15) is 4.39 Å². The Kier molecular flexibility index (Phi) is 4.17. The van der Waals surface area contributed by atoms with Crippen LogP contribution < -0.4 is 5.73 Å². The number of azo groups is 2. The standard InChI is InChI=1S/C20H23F2N6/c1-11(20(2,3)4)17-18-16(13(22)10-28(18)26-19(23)24-17)12-5-6-14-15(9-12)27(25-14)8-7-21/h5-6,9-11H,7-8H2,1-4H3,(H2,23,24,26)/q+1. The Labute approximate surface area is 161 Å². The third kappa shape index (κ3) is 2.83. The molecule has 3 aromatic rings. The summed E-state index contributed by atoms with van der Waals surface area (Å²) in [5.74, 6) is -0.293. The lowest BCUT2D eigenvalue weighted by Gasteiger charge is -2.27. The summed E-state index contributed by atoms with van der Waals surface area (Å²) in [7, 11) is 0. The third-order valence-electron chi connectivity index (χ3n) is 5.40. The third-order valence-corrected chi connectivity index (χ3v) is 5.40. The monoisotopic (exact) mass is 385 g/mol. The van der Waals surface area contributed by atoms with Crippen molar-refractivity contribution in [2.24, 2.45) is 10.5 Å². The maximum atomic E-state index is 15.0. The predicted molar refractivity (Wildman–Crippen MR) is 104 cm³/mol. The zero-order valence-corrected chi connectivity index (χ0v) is 16.4. The van der Waals surface area contributed by atoms with E-state index in [0.717, 1.165) is 11.4 Å². The molecule has 1 unspecified atom stereocenters. The quantitative estimate of drug-likeness (QED) is 0.644. The first kappa shape index (κ1) is 18.5. The lowest BCUT2D eigenvalue weighted by Crippen LogP contribution is -2.19. The van der Waals surface area contributed by atoms with Gasteiger partial charge in [-0.2, -0.15) is 0 Å². The average Bonchev–Trinajstić information content (AvgIpc) is 2.93. The van der Waals surface area contributed by atoms with E-state index >= 15 is 4.39 Å². The van der Waals surface area contributed by atoms with Crippen LogP contribution in [0.2, 0.25) is 0 Å². The summed E-state index contributed by atoms with van der Waals surface area (Å²) < 4.78 is 30.8. The second kappa shape index (κ2) is 6.32. The highest BCUT2D eigenvalue weighted by Crippen LogP contribution is 2.43. The Hall–Kier alpha value is -2.90. The Morgan fingerprint density at radius 2 is 2.04 bits per heavy atom. The van der Waals surface area contributed by atoms with Gasteiger partial charge in [0.25, 0.3) is 5.69 Å². The second-order valence-electron chi connectivity index (χ2n) is 8.20. The number of rotatable bonds is 4. The first-order valence-electron chi connectivity index (χ1n) is 9.24. The van der Waals surface area contributed by atoms with Gasteiger partial charge in [0.1, 0.15) is 0 Å². The summed E-state index contributed by atoms with van der Waals surface area (Å²) in [5.41, 5.74) is 9.74. The number of nitrogens with two attached hydrogens (primary N) is 1. The molecule has 0 amide bonds. The fourth-order valence-electron chi connectivity index (χ4n) is 3.44. The van der Waals surface area contributed by atoms with E-state index in [1.165, 1.54) is 10.7 Å². The number of alkyl halides is 1. The lowest BCUT2D eigenvalue weighted by molar-refractivity contribution is -0.525. The van der Waals surface area contributed by atoms with Crippen molar-refractivity contribution in [3.63, 3.8) is 0 Å². The number of hydrogen-bond donors (Lipinski definition) is 1. The Morgan fingerprint density at radius 1 is 1.29 bits per heavy atom. The normalized spacial score (nSPS) is 14.6. The van der Waals surface area contributed by atoms with Gasteiger partial charge in [-0.15, -0.1) is 5.10 Å². The summed E-state index contributed by atoms with van der Waals surface area (Å²) >= 11 is 0. The molecule has 0 bridgehead atoms. The van der Waals surface area contributed by atoms with Crippen molar-refractivity contribution in [3.8, 4) is 11.1 Å². The minimum absolute atomic E-state index is 0.0121. The molecule has 1 aliphatic heterocycles. The molecule has 0 saturated carbocycles. The molecular weight excluding hydrogens is 362 g/mol. The molecule has 8 heteroatoms. The van der Waals surface area contributed by atoms with Crippen LogP contribution in [0.4, 0.5) is 26.1 Å². The van der Waals surface area contributed by atoms with E-state index in [0.29, 0.717) is 22.3 Å². The zero-order valence-electron chi connectivity index (χ0n) is 16.4. The van der Waals surface area contributed by atoms with Crippen molar-refractivity contribution in [2.75, 3.05) is 19.0 Å². The number of aromatic nitrogens is 3. The second-order valence-corrected chi connectivity index (χ2v) is 8.20. The maximum Gasteiger partial charge on any atom is 0.264 e. The van der Waals surface area contributed by atoms with Gasteiger partial charge in [-0.25, -0.2) is 18.3 Å². The first-order valence-corrected chi connectivity index (χ1v) is 9.24. The molecule has 4 rings (SSSR count). The molecule has 0 aliphatic carbocycles. The molecular formula is C20H23F2N6+. The highest BCUT2D eigenvalue weighted by molar-refractivity contribution is 5.86. The minimum Gasteiger partial charge on any atom is -0.367 e. The van der Waals surface area contributed by atoms with Crippen LogP contribution >= 0.6 is 0 Å². The van der Waals surface area contributed by atoms with E-state index in [-0.39, 0.29) is 23.8 Å². The first-order chi connectivity index (χ1) is 13.2. The van der Waals surface area contributed by atoms with Crippen molar-refractivity contribution in [1.29, 1.82) is 0 Å². The molecule has 1 aliphatic rings. The number of fused-ring (bicyclic) bond motifs is 2. The Bertz CT molecular complexity index is 1110. The van der Waals surface area contributed by atoms with Crippen molar-refractivity contribution in [1.82, 2.24) is 14.6 Å². The largest absolute Gasteiger partial charge is 0.367 e. The molecule has 2 aromatic heterocycles. The molecule has 6 nitrogen and oxygen atoms in total. The average molecular weight is 385 g/mol. The van der Waals surface area contributed by atoms with Crippen molar-refractivity contribution < 1.29 is 13.5 Å². The van der Waals surface area contributed by atoms with Gasteiger partial charge in [-0.05, 0) is 17.0 Å². The molecule has 1 atom stereocenters. The van der Waals surface area contributed by atoms with Crippen LogP contribution in [0.1, 0.15) is 39.3 Å². The molecule has 0 spiro atoms. The minimum atomic E-state index is -0.503. The van der Waals surface area contributed by atoms with Crippen LogP contribution in [0.25, 0.3) is 16.6 Å². The molecule has 0 fully saturated rings. The number of hydrogen-bond acceptors (Lipinski definition) is 4. The van der Waals surface area contributed by atoms with Crippen molar-refractivity contribution in [2.45, 2.75) is 33.6 Å². The van der Waals surface area contributed by atoms with Gasteiger partial charge in [0.2, 0.25) is 18.2 Å². The predicted octanol–water partition coefficient (Wildman–Crippen LogP) is 4.98. The fourth-order valence-corrected chi connectivity index (χ4v) is 3.44. The number of benzene rings is 1. The molecule has 146 valence electrons.